The Kier molecular flexibility index (Phi) is 6.04. The minimum absolute atomic E-state index is 0.142. The Morgan fingerprint density at radius 2 is 1.15 bits per heavy atom. The zero-order valence-electron chi connectivity index (χ0n) is 28.7. The second-order valence-electron chi connectivity index (χ2n) is 15.7. The Hall–Kier alpha value is -5.08. The first-order valence-electron chi connectivity index (χ1n) is 17.2. The number of furan rings is 1. The molecule has 2 heteroatoms. The van der Waals surface area contributed by atoms with Crippen molar-refractivity contribution in [2.24, 2.45) is 0 Å². The number of para-hydroxylation sites is 1. The van der Waals surface area contributed by atoms with E-state index in [2.05, 4.69) is 168 Å². The van der Waals surface area contributed by atoms with Gasteiger partial charge in [-0.2, -0.15) is 0 Å². The number of fused-ring (bicyclic) bond motifs is 7. The molecule has 236 valence electrons. The second kappa shape index (κ2) is 9.97. The monoisotopic (exact) mass is 623 g/mol. The van der Waals surface area contributed by atoms with Gasteiger partial charge in [0.15, 0.2) is 0 Å². The molecule has 48 heavy (non-hydrogen) atoms. The molecule has 1 aromatic heterocycles. The van der Waals surface area contributed by atoms with Crippen molar-refractivity contribution in [3.05, 3.63) is 150 Å². The molecule has 0 radical (unpaired) electrons. The Morgan fingerprint density at radius 1 is 0.521 bits per heavy atom. The molecule has 0 atom stereocenters. The molecule has 0 amide bonds. The second-order valence-corrected chi connectivity index (χ2v) is 15.7. The number of nitrogens with zero attached hydrogens (tertiary/aromatic N) is 1. The summed E-state index contributed by atoms with van der Waals surface area (Å²) >= 11 is 0. The van der Waals surface area contributed by atoms with Crippen LogP contribution in [0.1, 0.15) is 70.2 Å². The van der Waals surface area contributed by atoms with Crippen molar-refractivity contribution in [2.45, 2.75) is 64.2 Å². The molecular formula is C46H41NO. The maximum absolute atomic E-state index is 6.43. The Bertz CT molecular complexity index is 2390. The van der Waals surface area contributed by atoms with Crippen LogP contribution in [0.4, 0.5) is 17.1 Å². The normalized spacial score (nSPS) is 16.5. The van der Waals surface area contributed by atoms with Crippen molar-refractivity contribution in [2.75, 3.05) is 4.90 Å². The van der Waals surface area contributed by atoms with Gasteiger partial charge >= 0.3 is 0 Å². The van der Waals surface area contributed by atoms with Crippen LogP contribution in [0.5, 0.6) is 0 Å². The fraction of sp³-hybridized carbons (Fsp3) is 0.217. The fourth-order valence-electron chi connectivity index (χ4n) is 9.28. The topological polar surface area (TPSA) is 16.4 Å². The van der Waals surface area contributed by atoms with Crippen LogP contribution in [-0.2, 0) is 16.2 Å². The van der Waals surface area contributed by atoms with Gasteiger partial charge in [0.2, 0.25) is 0 Å². The highest BCUT2D eigenvalue weighted by atomic mass is 16.3. The van der Waals surface area contributed by atoms with Crippen molar-refractivity contribution in [1.82, 2.24) is 0 Å². The van der Waals surface area contributed by atoms with Crippen LogP contribution in [0.15, 0.2) is 132 Å². The first-order valence-corrected chi connectivity index (χ1v) is 17.2. The van der Waals surface area contributed by atoms with Crippen LogP contribution >= 0.6 is 0 Å². The average molecular weight is 624 g/mol. The molecule has 0 aliphatic heterocycles. The van der Waals surface area contributed by atoms with Gasteiger partial charge in [0.25, 0.3) is 0 Å². The van der Waals surface area contributed by atoms with E-state index in [0.717, 1.165) is 33.3 Å². The van der Waals surface area contributed by atoms with Crippen LogP contribution < -0.4 is 4.90 Å². The maximum Gasteiger partial charge on any atom is 0.137 e. The highest BCUT2D eigenvalue weighted by Gasteiger charge is 2.46. The van der Waals surface area contributed by atoms with E-state index in [1.54, 1.807) is 0 Å². The first kappa shape index (κ1) is 29.1. The van der Waals surface area contributed by atoms with Crippen molar-refractivity contribution >= 4 is 39.0 Å². The van der Waals surface area contributed by atoms with Crippen molar-refractivity contribution in [1.29, 1.82) is 0 Å². The Morgan fingerprint density at radius 3 is 1.92 bits per heavy atom. The number of hydrogen-bond donors (Lipinski definition) is 0. The third-order valence-corrected chi connectivity index (χ3v) is 11.2. The number of anilines is 3. The lowest BCUT2D eigenvalue weighted by Gasteiger charge is -2.33. The summed E-state index contributed by atoms with van der Waals surface area (Å²) in [6.07, 6.45) is 1.17. The highest BCUT2D eigenvalue weighted by Crippen LogP contribution is 2.59. The van der Waals surface area contributed by atoms with Gasteiger partial charge in [0.05, 0.1) is 16.8 Å². The quantitative estimate of drug-likeness (QED) is 0.194. The summed E-state index contributed by atoms with van der Waals surface area (Å²) in [4.78, 5) is 2.48. The highest BCUT2D eigenvalue weighted by molar-refractivity contribution is 6.13. The van der Waals surface area contributed by atoms with E-state index in [0.29, 0.717) is 0 Å². The molecule has 6 aromatic carbocycles. The molecule has 9 rings (SSSR count). The smallest absolute Gasteiger partial charge is 0.137 e. The van der Waals surface area contributed by atoms with Crippen LogP contribution in [0.3, 0.4) is 0 Å². The van der Waals surface area contributed by atoms with Gasteiger partial charge in [-0.05, 0) is 104 Å². The summed E-state index contributed by atoms with van der Waals surface area (Å²) in [5.74, 6) is 0. The number of benzene rings is 6. The third kappa shape index (κ3) is 4.11. The van der Waals surface area contributed by atoms with E-state index in [1.165, 1.54) is 56.6 Å². The molecule has 0 spiro atoms. The molecule has 0 N–H and O–H groups in total. The van der Waals surface area contributed by atoms with Gasteiger partial charge in [-0.15, -0.1) is 0 Å². The van der Waals surface area contributed by atoms with Crippen LogP contribution in [-0.4, -0.2) is 0 Å². The summed E-state index contributed by atoms with van der Waals surface area (Å²) in [6, 6.07) is 46.6. The predicted octanol–water partition coefficient (Wildman–Crippen LogP) is 13.0. The SMILES string of the molecule is CC1(C)CC(C)(C)c2cc3c(cc21)-c1cccc(N(c2ccc(-c4ccccc4)cc2)c2cccc4oc5ccccc5c24)c1C3(C)C. The largest absolute Gasteiger partial charge is 0.456 e. The van der Waals surface area contributed by atoms with Gasteiger partial charge in [-0.1, -0.05) is 126 Å². The van der Waals surface area contributed by atoms with Crippen LogP contribution in [0.25, 0.3) is 44.2 Å². The van der Waals surface area contributed by atoms with Gasteiger partial charge in [-0.25, -0.2) is 0 Å². The molecule has 0 fully saturated rings. The van der Waals surface area contributed by atoms with Crippen molar-refractivity contribution in [3.63, 3.8) is 0 Å². The summed E-state index contributed by atoms with van der Waals surface area (Å²) in [5, 5.41) is 2.26. The molecule has 2 aliphatic rings. The zero-order valence-corrected chi connectivity index (χ0v) is 28.7. The summed E-state index contributed by atoms with van der Waals surface area (Å²) in [5.41, 5.74) is 16.3. The molecule has 0 saturated carbocycles. The third-order valence-electron chi connectivity index (χ3n) is 11.2. The van der Waals surface area contributed by atoms with Crippen molar-refractivity contribution < 1.29 is 4.42 Å². The molecule has 2 aliphatic carbocycles. The van der Waals surface area contributed by atoms with E-state index in [1.807, 2.05) is 6.07 Å². The van der Waals surface area contributed by atoms with Crippen LogP contribution in [0.2, 0.25) is 0 Å². The van der Waals surface area contributed by atoms with E-state index in [9.17, 15) is 0 Å². The van der Waals surface area contributed by atoms with E-state index >= 15 is 0 Å². The molecular weight excluding hydrogens is 583 g/mol. The Balaban J connectivity index is 1.31. The lowest BCUT2D eigenvalue weighted by Crippen LogP contribution is -2.21. The van der Waals surface area contributed by atoms with Crippen molar-refractivity contribution in [3.8, 4) is 22.3 Å². The predicted molar refractivity (Wildman–Crippen MR) is 202 cm³/mol. The zero-order chi connectivity index (χ0) is 33.0. The molecule has 0 bridgehead atoms. The van der Waals surface area contributed by atoms with Gasteiger partial charge in [0, 0.05) is 16.5 Å². The standard InChI is InChI=1S/C46H41NO/c1-44(2)28-45(3,4)37-27-35-34(26-36(37)44)32-17-12-19-39(43(32)46(35,5)6)47(31-24-22-30(23-25-31)29-14-8-7-9-15-29)38-18-13-21-41-42(38)33-16-10-11-20-40(33)48-41/h7-27H,28H2,1-6H3. The van der Waals surface area contributed by atoms with Crippen LogP contribution in [0, 0.1) is 0 Å². The maximum atomic E-state index is 6.43. The molecule has 2 nitrogen and oxygen atoms in total. The molecule has 0 saturated heterocycles. The number of hydrogen-bond acceptors (Lipinski definition) is 2. The molecule has 1 heterocycles. The minimum Gasteiger partial charge on any atom is -0.456 e. The lowest BCUT2D eigenvalue weighted by molar-refractivity contribution is 0.403. The minimum atomic E-state index is -0.201. The fourth-order valence-corrected chi connectivity index (χ4v) is 9.28. The van der Waals surface area contributed by atoms with E-state index in [-0.39, 0.29) is 16.2 Å². The summed E-state index contributed by atoms with van der Waals surface area (Å²) < 4.78 is 6.43. The summed E-state index contributed by atoms with van der Waals surface area (Å²) in [6.45, 7) is 14.5. The van der Waals surface area contributed by atoms with Gasteiger partial charge in [-0.3, -0.25) is 0 Å². The molecule has 7 aromatic rings. The summed E-state index contributed by atoms with van der Waals surface area (Å²) in [7, 11) is 0. The van der Waals surface area contributed by atoms with E-state index < -0.39 is 0 Å². The van der Waals surface area contributed by atoms with Gasteiger partial charge < -0.3 is 9.32 Å². The first-order chi connectivity index (χ1) is 23.0. The van der Waals surface area contributed by atoms with E-state index in [4.69, 9.17) is 4.42 Å². The Labute approximate surface area is 283 Å². The number of rotatable bonds is 4. The molecule has 0 unspecified atom stereocenters. The van der Waals surface area contributed by atoms with Gasteiger partial charge in [0.1, 0.15) is 11.2 Å². The lowest BCUT2D eigenvalue weighted by atomic mass is 9.78. The average Bonchev–Trinajstić information content (AvgIpc) is 3.64.